The van der Waals surface area contributed by atoms with Gasteiger partial charge < -0.3 is 10.1 Å². The van der Waals surface area contributed by atoms with Gasteiger partial charge >= 0.3 is 0 Å². The lowest BCUT2D eigenvalue weighted by atomic mass is 10.3. The van der Waals surface area contributed by atoms with Gasteiger partial charge in [0, 0.05) is 11.2 Å². The zero-order valence-electron chi connectivity index (χ0n) is 10.8. The number of carbonyl (C=O) groups is 1. The summed E-state index contributed by atoms with van der Waals surface area (Å²) in [5.41, 5.74) is 0.548. The molecule has 0 unspecified atom stereocenters. The highest BCUT2D eigenvalue weighted by molar-refractivity contribution is 6.30. The van der Waals surface area contributed by atoms with E-state index < -0.39 is 0 Å². The zero-order valence-corrected chi connectivity index (χ0v) is 11.6. The van der Waals surface area contributed by atoms with Crippen LogP contribution in [0.1, 0.15) is 0 Å². The second-order valence-corrected chi connectivity index (χ2v) is 4.70. The zero-order chi connectivity index (χ0) is 14.7. The number of benzene rings is 1. The number of H-pyrrole nitrogens is 1. The van der Waals surface area contributed by atoms with Crippen LogP contribution in [0.5, 0.6) is 5.75 Å². The molecule has 3 rings (SSSR count). The SMILES string of the molecule is O=C(COc1ccc(Cl)cc1)Nc1[nH]nc2ncccc12. The molecule has 2 N–H and O–H groups in total. The van der Waals surface area contributed by atoms with E-state index in [4.69, 9.17) is 16.3 Å². The molecular formula is C14H11ClN4O2. The molecule has 0 aliphatic heterocycles. The Hall–Kier alpha value is -2.60. The van der Waals surface area contributed by atoms with Gasteiger partial charge in [0.25, 0.3) is 5.91 Å². The van der Waals surface area contributed by atoms with Crippen LogP contribution in [0.15, 0.2) is 42.6 Å². The number of anilines is 1. The minimum absolute atomic E-state index is 0.109. The van der Waals surface area contributed by atoms with Crippen LogP contribution in [0, 0.1) is 0 Å². The van der Waals surface area contributed by atoms with Gasteiger partial charge in [0.05, 0.1) is 5.39 Å². The molecule has 106 valence electrons. The van der Waals surface area contributed by atoms with E-state index in [0.717, 1.165) is 5.39 Å². The second-order valence-electron chi connectivity index (χ2n) is 4.26. The molecule has 0 aliphatic rings. The summed E-state index contributed by atoms with van der Waals surface area (Å²) in [5.74, 6) is 0.785. The number of fused-ring (bicyclic) bond motifs is 1. The van der Waals surface area contributed by atoms with E-state index in [1.807, 2.05) is 6.07 Å². The van der Waals surface area contributed by atoms with Crippen LogP contribution in [0.3, 0.4) is 0 Å². The second kappa shape index (κ2) is 5.80. The smallest absolute Gasteiger partial charge is 0.263 e. The van der Waals surface area contributed by atoms with Crippen molar-refractivity contribution in [3.8, 4) is 5.75 Å². The Morgan fingerprint density at radius 2 is 2.10 bits per heavy atom. The third-order valence-electron chi connectivity index (χ3n) is 2.78. The lowest BCUT2D eigenvalue weighted by molar-refractivity contribution is -0.118. The Bertz CT molecular complexity index is 770. The molecule has 1 aromatic carbocycles. The minimum Gasteiger partial charge on any atom is -0.484 e. The summed E-state index contributed by atoms with van der Waals surface area (Å²) in [6, 6.07) is 10.4. The summed E-state index contributed by atoms with van der Waals surface area (Å²) in [6.45, 7) is -0.109. The Balaban J connectivity index is 1.62. The molecule has 1 amide bonds. The number of nitrogens with one attached hydrogen (secondary N) is 2. The van der Waals surface area contributed by atoms with Crippen LogP contribution >= 0.6 is 11.6 Å². The van der Waals surface area contributed by atoms with Gasteiger partial charge in [-0.1, -0.05) is 11.6 Å². The number of aromatic nitrogens is 3. The van der Waals surface area contributed by atoms with Crippen LogP contribution in [-0.4, -0.2) is 27.7 Å². The molecule has 0 saturated carbocycles. The Morgan fingerprint density at radius 1 is 1.29 bits per heavy atom. The predicted octanol–water partition coefficient (Wildman–Crippen LogP) is 2.63. The first-order valence-electron chi connectivity index (χ1n) is 6.20. The van der Waals surface area contributed by atoms with Crippen molar-refractivity contribution in [2.45, 2.75) is 0 Å². The average molecular weight is 303 g/mol. The van der Waals surface area contributed by atoms with Crippen molar-refractivity contribution in [2.75, 3.05) is 11.9 Å². The molecule has 0 radical (unpaired) electrons. The van der Waals surface area contributed by atoms with Crippen molar-refractivity contribution in [2.24, 2.45) is 0 Å². The number of hydrogen-bond acceptors (Lipinski definition) is 4. The summed E-state index contributed by atoms with van der Waals surface area (Å²) in [4.78, 5) is 15.9. The fraction of sp³-hybridized carbons (Fsp3) is 0.0714. The molecule has 21 heavy (non-hydrogen) atoms. The number of amides is 1. The van der Waals surface area contributed by atoms with E-state index in [1.54, 1.807) is 36.5 Å². The monoisotopic (exact) mass is 302 g/mol. The lowest BCUT2D eigenvalue weighted by Crippen LogP contribution is -2.20. The van der Waals surface area contributed by atoms with E-state index in [9.17, 15) is 4.79 Å². The van der Waals surface area contributed by atoms with Gasteiger partial charge in [-0.3, -0.25) is 9.89 Å². The lowest BCUT2D eigenvalue weighted by Gasteiger charge is -2.06. The Morgan fingerprint density at radius 3 is 2.90 bits per heavy atom. The first kappa shape index (κ1) is 13.4. The predicted molar refractivity (Wildman–Crippen MR) is 79.5 cm³/mol. The molecule has 7 heteroatoms. The fourth-order valence-corrected chi connectivity index (χ4v) is 1.93. The summed E-state index contributed by atoms with van der Waals surface area (Å²) in [6.07, 6.45) is 1.64. The maximum Gasteiger partial charge on any atom is 0.263 e. The number of hydrogen-bond donors (Lipinski definition) is 2. The van der Waals surface area contributed by atoms with Crippen LogP contribution < -0.4 is 10.1 Å². The van der Waals surface area contributed by atoms with Crippen molar-refractivity contribution < 1.29 is 9.53 Å². The first-order valence-corrected chi connectivity index (χ1v) is 6.57. The molecule has 0 atom stereocenters. The molecule has 0 fully saturated rings. The van der Waals surface area contributed by atoms with Gasteiger partial charge in [-0.25, -0.2) is 4.98 Å². The molecule has 6 nitrogen and oxygen atoms in total. The number of pyridine rings is 1. The number of rotatable bonds is 4. The highest BCUT2D eigenvalue weighted by atomic mass is 35.5. The molecule has 2 heterocycles. The summed E-state index contributed by atoms with van der Waals surface area (Å²) >= 11 is 5.77. The topological polar surface area (TPSA) is 79.9 Å². The van der Waals surface area contributed by atoms with Gasteiger partial charge in [0.2, 0.25) is 0 Å². The van der Waals surface area contributed by atoms with Crippen LogP contribution in [-0.2, 0) is 4.79 Å². The van der Waals surface area contributed by atoms with E-state index in [2.05, 4.69) is 20.5 Å². The van der Waals surface area contributed by atoms with Gasteiger partial charge in [0.15, 0.2) is 12.3 Å². The van der Waals surface area contributed by atoms with Crippen molar-refractivity contribution in [1.29, 1.82) is 0 Å². The van der Waals surface area contributed by atoms with Gasteiger partial charge in [-0.15, -0.1) is 0 Å². The number of carbonyl (C=O) groups excluding carboxylic acids is 1. The third kappa shape index (κ3) is 3.11. The standard InChI is InChI=1S/C14H11ClN4O2/c15-9-3-5-10(6-4-9)21-8-12(20)17-14-11-2-1-7-16-13(11)18-19-14/h1-7H,8H2,(H2,16,17,18,19,20). The van der Waals surface area contributed by atoms with E-state index in [0.29, 0.717) is 22.2 Å². The number of halogens is 1. The first-order chi connectivity index (χ1) is 10.2. The summed E-state index contributed by atoms with van der Waals surface area (Å²) in [7, 11) is 0. The molecule has 0 spiro atoms. The maximum atomic E-state index is 11.9. The normalized spacial score (nSPS) is 10.5. The van der Waals surface area contributed by atoms with Crippen molar-refractivity contribution in [3.63, 3.8) is 0 Å². The molecule has 3 aromatic rings. The molecule has 0 aliphatic carbocycles. The maximum absolute atomic E-state index is 11.9. The van der Waals surface area contributed by atoms with Crippen molar-refractivity contribution in [1.82, 2.24) is 15.2 Å². The van der Waals surface area contributed by atoms with E-state index in [1.165, 1.54) is 0 Å². The minimum atomic E-state index is -0.292. The van der Waals surface area contributed by atoms with Gasteiger partial charge in [-0.05, 0) is 36.4 Å². The quantitative estimate of drug-likeness (QED) is 0.776. The molecular weight excluding hydrogens is 292 g/mol. The van der Waals surface area contributed by atoms with Gasteiger partial charge in [-0.2, -0.15) is 5.10 Å². The highest BCUT2D eigenvalue weighted by Gasteiger charge is 2.09. The van der Waals surface area contributed by atoms with E-state index >= 15 is 0 Å². The third-order valence-corrected chi connectivity index (χ3v) is 3.03. The average Bonchev–Trinajstić information content (AvgIpc) is 2.90. The number of nitrogens with zero attached hydrogens (tertiary/aromatic N) is 2. The molecule has 0 bridgehead atoms. The van der Waals surface area contributed by atoms with Crippen LogP contribution in [0.4, 0.5) is 5.82 Å². The van der Waals surface area contributed by atoms with Crippen molar-refractivity contribution in [3.05, 3.63) is 47.6 Å². The van der Waals surface area contributed by atoms with Crippen molar-refractivity contribution >= 4 is 34.4 Å². The number of ether oxygens (including phenoxy) is 1. The fourth-order valence-electron chi connectivity index (χ4n) is 1.80. The van der Waals surface area contributed by atoms with Crippen LogP contribution in [0.25, 0.3) is 11.0 Å². The Kier molecular flexibility index (Phi) is 3.70. The van der Waals surface area contributed by atoms with Crippen LogP contribution in [0.2, 0.25) is 5.02 Å². The van der Waals surface area contributed by atoms with Gasteiger partial charge in [0.1, 0.15) is 11.6 Å². The largest absolute Gasteiger partial charge is 0.484 e. The summed E-state index contributed by atoms with van der Waals surface area (Å²) < 4.78 is 5.36. The molecule has 2 aromatic heterocycles. The Labute approximate surface area is 125 Å². The van der Waals surface area contributed by atoms with E-state index in [-0.39, 0.29) is 12.5 Å². The highest BCUT2D eigenvalue weighted by Crippen LogP contribution is 2.18. The number of aromatic amines is 1. The summed E-state index contributed by atoms with van der Waals surface area (Å²) in [5, 5.41) is 10.8. The molecule has 0 saturated heterocycles.